The molecule has 0 amide bonds. The van der Waals surface area contributed by atoms with E-state index in [0.717, 1.165) is 17.2 Å². The van der Waals surface area contributed by atoms with Crippen LogP contribution in [-0.4, -0.2) is 19.8 Å². The van der Waals surface area contributed by atoms with Gasteiger partial charge in [0.25, 0.3) is 0 Å². The Labute approximate surface area is 90.4 Å². The van der Waals surface area contributed by atoms with Crippen LogP contribution in [0.25, 0.3) is 0 Å². The van der Waals surface area contributed by atoms with E-state index in [1.165, 1.54) is 12.8 Å². The van der Waals surface area contributed by atoms with Gasteiger partial charge in [0, 0.05) is 17.8 Å². The van der Waals surface area contributed by atoms with Gasteiger partial charge in [0.1, 0.15) is 0 Å². The van der Waals surface area contributed by atoms with Crippen LogP contribution in [0.3, 0.4) is 0 Å². The zero-order valence-electron chi connectivity index (χ0n) is 9.25. The van der Waals surface area contributed by atoms with Crippen LogP contribution in [-0.2, 0) is 0 Å². The summed E-state index contributed by atoms with van der Waals surface area (Å²) >= 11 is 0. The Hall–Kier alpha value is -1.38. The molecule has 3 heteroatoms. The van der Waals surface area contributed by atoms with Crippen molar-refractivity contribution in [3.8, 4) is 11.5 Å². The van der Waals surface area contributed by atoms with E-state index >= 15 is 0 Å². The van der Waals surface area contributed by atoms with Gasteiger partial charge in [0.2, 0.25) is 0 Å². The lowest BCUT2D eigenvalue weighted by Gasteiger charge is -2.11. The minimum Gasteiger partial charge on any atom is -0.493 e. The Morgan fingerprint density at radius 3 is 2.73 bits per heavy atom. The van der Waals surface area contributed by atoms with E-state index in [4.69, 9.17) is 9.47 Å². The van der Waals surface area contributed by atoms with Crippen molar-refractivity contribution in [1.29, 1.82) is 0 Å². The summed E-state index contributed by atoms with van der Waals surface area (Å²) in [5, 5.41) is 3.42. The van der Waals surface area contributed by atoms with Gasteiger partial charge in [-0.3, -0.25) is 0 Å². The quantitative estimate of drug-likeness (QED) is 0.805. The van der Waals surface area contributed by atoms with Crippen LogP contribution in [0, 0.1) is 0 Å². The molecule has 0 radical (unpaired) electrons. The molecule has 1 aromatic carbocycles. The van der Waals surface area contributed by atoms with Gasteiger partial charge in [-0.1, -0.05) is 0 Å². The highest BCUT2D eigenvalue weighted by molar-refractivity contribution is 5.55. The van der Waals surface area contributed by atoms with Crippen LogP contribution in [0.5, 0.6) is 11.5 Å². The molecule has 82 valence electrons. The van der Waals surface area contributed by atoms with Gasteiger partial charge in [0.05, 0.1) is 13.7 Å². The highest BCUT2D eigenvalue weighted by Crippen LogP contribution is 2.32. The minimum atomic E-state index is 0.658. The predicted octanol–water partition coefficient (Wildman–Crippen LogP) is 2.67. The van der Waals surface area contributed by atoms with E-state index in [2.05, 4.69) is 5.32 Å². The molecule has 0 heterocycles. The normalized spacial score (nSPS) is 14.8. The molecule has 0 atom stereocenters. The lowest BCUT2D eigenvalue weighted by Crippen LogP contribution is -2.02. The molecule has 1 aliphatic rings. The first-order chi connectivity index (χ1) is 7.33. The van der Waals surface area contributed by atoms with Crippen molar-refractivity contribution in [1.82, 2.24) is 0 Å². The van der Waals surface area contributed by atoms with Crippen LogP contribution in [0.4, 0.5) is 5.69 Å². The number of benzene rings is 1. The third kappa shape index (κ3) is 2.55. The van der Waals surface area contributed by atoms with Crippen molar-refractivity contribution in [3.05, 3.63) is 18.2 Å². The molecule has 15 heavy (non-hydrogen) atoms. The standard InChI is InChI=1S/C12H17NO2/c1-3-15-11-7-6-10(8-12(11)14-2)13-9-4-5-9/h6-9,13H,3-5H2,1-2H3. The largest absolute Gasteiger partial charge is 0.493 e. The van der Waals surface area contributed by atoms with E-state index in [9.17, 15) is 0 Å². The van der Waals surface area contributed by atoms with Crippen LogP contribution in [0.2, 0.25) is 0 Å². The molecule has 0 unspecified atom stereocenters. The molecule has 0 aromatic heterocycles. The van der Waals surface area contributed by atoms with Crippen molar-refractivity contribution in [2.45, 2.75) is 25.8 Å². The second kappa shape index (κ2) is 4.43. The van der Waals surface area contributed by atoms with Crippen molar-refractivity contribution in [3.63, 3.8) is 0 Å². The molecule has 3 nitrogen and oxygen atoms in total. The Morgan fingerprint density at radius 2 is 2.13 bits per heavy atom. The number of hydrogen-bond donors (Lipinski definition) is 1. The molecule has 0 saturated heterocycles. The number of rotatable bonds is 5. The molecule has 0 spiro atoms. The first kappa shape index (κ1) is 10.1. The first-order valence-electron chi connectivity index (χ1n) is 5.41. The zero-order valence-corrected chi connectivity index (χ0v) is 9.25. The average molecular weight is 207 g/mol. The fraction of sp³-hybridized carbons (Fsp3) is 0.500. The average Bonchev–Trinajstić information content (AvgIpc) is 3.04. The maximum absolute atomic E-state index is 5.45. The van der Waals surface area contributed by atoms with E-state index in [1.54, 1.807) is 7.11 Å². The van der Waals surface area contributed by atoms with Gasteiger partial charge in [-0.25, -0.2) is 0 Å². The molecule has 1 aromatic rings. The van der Waals surface area contributed by atoms with E-state index in [1.807, 2.05) is 25.1 Å². The first-order valence-corrected chi connectivity index (χ1v) is 5.41. The van der Waals surface area contributed by atoms with E-state index in [-0.39, 0.29) is 0 Å². The van der Waals surface area contributed by atoms with Crippen molar-refractivity contribution in [2.75, 3.05) is 19.0 Å². The number of nitrogens with one attached hydrogen (secondary N) is 1. The number of anilines is 1. The van der Waals surface area contributed by atoms with Crippen molar-refractivity contribution in [2.24, 2.45) is 0 Å². The van der Waals surface area contributed by atoms with Gasteiger partial charge in [-0.15, -0.1) is 0 Å². The van der Waals surface area contributed by atoms with E-state index in [0.29, 0.717) is 12.6 Å². The molecule has 0 bridgehead atoms. The highest BCUT2D eigenvalue weighted by Gasteiger charge is 2.21. The van der Waals surface area contributed by atoms with Gasteiger partial charge >= 0.3 is 0 Å². The fourth-order valence-corrected chi connectivity index (χ4v) is 1.50. The van der Waals surface area contributed by atoms with Gasteiger partial charge in [-0.05, 0) is 31.9 Å². The summed E-state index contributed by atoms with van der Waals surface area (Å²) in [7, 11) is 1.67. The number of hydrogen-bond acceptors (Lipinski definition) is 3. The third-order valence-corrected chi connectivity index (χ3v) is 2.41. The SMILES string of the molecule is CCOc1ccc(NC2CC2)cc1OC. The molecule has 1 aliphatic carbocycles. The third-order valence-electron chi connectivity index (χ3n) is 2.41. The topological polar surface area (TPSA) is 30.5 Å². The summed E-state index contributed by atoms with van der Waals surface area (Å²) in [6.45, 7) is 2.63. The maximum Gasteiger partial charge on any atom is 0.162 e. The summed E-state index contributed by atoms with van der Waals surface area (Å²) in [6, 6.07) is 6.63. The monoisotopic (exact) mass is 207 g/mol. The van der Waals surface area contributed by atoms with Crippen molar-refractivity contribution >= 4 is 5.69 Å². The van der Waals surface area contributed by atoms with Crippen LogP contribution < -0.4 is 14.8 Å². The molecule has 1 saturated carbocycles. The summed E-state index contributed by atoms with van der Waals surface area (Å²) in [5.41, 5.74) is 1.11. The van der Waals surface area contributed by atoms with Gasteiger partial charge < -0.3 is 14.8 Å². The van der Waals surface area contributed by atoms with Crippen molar-refractivity contribution < 1.29 is 9.47 Å². The predicted molar refractivity (Wildman–Crippen MR) is 60.8 cm³/mol. The molecular weight excluding hydrogens is 190 g/mol. The summed E-state index contributed by atoms with van der Waals surface area (Å²) < 4.78 is 10.7. The lowest BCUT2D eigenvalue weighted by atomic mass is 10.2. The number of methoxy groups -OCH3 is 1. The second-order valence-corrected chi connectivity index (χ2v) is 3.72. The van der Waals surface area contributed by atoms with Crippen LogP contribution >= 0.6 is 0 Å². The second-order valence-electron chi connectivity index (χ2n) is 3.72. The molecule has 1 N–H and O–H groups in total. The zero-order chi connectivity index (χ0) is 10.7. The van der Waals surface area contributed by atoms with Gasteiger partial charge in [0.15, 0.2) is 11.5 Å². The van der Waals surface area contributed by atoms with Crippen LogP contribution in [0.1, 0.15) is 19.8 Å². The summed E-state index contributed by atoms with van der Waals surface area (Å²) in [6.07, 6.45) is 2.55. The Morgan fingerprint density at radius 1 is 1.33 bits per heavy atom. The number of ether oxygens (including phenoxy) is 2. The smallest absolute Gasteiger partial charge is 0.162 e. The fourth-order valence-electron chi connectivity index (χ4n) is 1.50. The molecule has 1 fully saturated rings. The van der Waals surface area contributed by atoms with Gasteiger partial charge in [-0.2, -0.15) is 0 Å². The minimum absolute atomic E-state index is 0.658. The molecule has 0 aliphatic heterocycles. The molecular formula is C12H17NO2. The summed E-state index contributed by atoms with van der Waals surface area (Å²) in [4.78, 5) is 0. The maximum atomic E-state index is 5.45. The van der Waals surface area contributed by atoms with E-state index < -0.39 is 0 Å². The Bertz CT molecular complexity index is 334. The Balaban J connectivity index is 2.12. The lowest BCUT2D eigenvalue weighted by molar-refractivity contribution is 0.311. The summed E-state index contributed by atoms with van der Waals surface area (Å²) in [5.74, 6) is 1.60. The highest BCUT2D eigenvalue weighted by atomic mass is 16.5. The Kier molecular flexibility index (Phi) is 2.99. The molecule has 2 rings (SSSR count). The van der Waals surface area contributed by atoms with Crippen LogP contribution in [0.15, 0.2) is 18.2 Å².